The molecule has 136 valence electrons. The van der Waals surface area contributed by atoms with Crippen molar-refractivity contribution in [3.8, 4) is 5.75 Å². The number of benzene rings is 1. The number of ether oxygens (including phenoxy) is 2. The Bertz CT molecular complexity index is 444. The zero-order valence-electron chi connectivity index (χ0n) is 14.1. The van der Waals surface area contributed by atoms with Gasteiger partial charge in [0.25, 0.3) is 0 Å². The highest BCUT2D eigenvalue weighted by molar-refractivity contribution is 7.99. The molecular formula is C17H28N2O3S2. The third-order valence-electron chi connectivity index (χ3n) is 2.98. The van der Waals surface area contributed by atoms with Gasteiger partial charge in [0.1, 0.15) is 5.75 Å². The first kappa shape index (κ1) is 21.2. The molecule has 0 fully saturated rings. The fourth-order valence-corrected chi connectivity index (χ4v) is 3.20. The summed E-state index contributed by atoms with van der Waals surface area (Å²) in [7, 11) is 0. The minimum absolute atomic E-state index is 0.288. The van der Waals surface area contributed by atoms with E-state index in [2.05, 4.69) is 0 Å². The van der Waals surface area contributed by atoms with Gasteiger partial charge >= 0.3 is 5.97 Å². The maximum absolute atomic E-state index is 11.9. The van der Waals surface area contributed by atoms with Crippen LogP contribution < -0.4 is 16.2 Å². The molecule has 0 aliphatic rings. The van der Waals surface area contributed by atoms with E-state index in [-0.39, 0.29) is 5.97 Å². The smallest absolute Gasteiger partial charge is 0.338 e. The lowest BCUT2D eigenvalue weighted by molar-refractivity contribution is 0.0506. The Hall–Kier alpha value is -0.890. The SMILES string of the molecule is NCCSCCCOC(=O)c1ccc(OCCCSCCN)cc1. The van der Waals surface area contributed by atoms with Gasteiger partial charge in [-0.25, -0.2) is 4.79 Å². The molecule has 1 rings (SSSR count). The van der Waals surface area contributed by atoms with Gasteiger partial charge in [-0.2, -0.15) is 23.5 Å². The first-order valence-corrected chi connectivity index (χ1v) is 10.5. The summed E-state index contributed by atoms with van der Waals surface area (Å²) in [6, 6.07) is 7.09. The largest absolute Gasteiger partial charge is 0.494 e. The molecule has 0 amide bonds. The molecular weight excluding hydrogens is 344 g/mol. The van der Waals surface area contributed by atoms with E-state index in [0.717, 1.165) is 48.1 Å². The number of nitrogens with two attached hydrogens (primary N) is 2. The molecule has 7 heteroatoms. The Labute approximate surface area is 153 Å². The van der Waals surface area contributed by atoms with Crippen LogP contribution in [0.3, 0.4) is 0 Å². The fraction of sp³-hybridized carbons (Fsp3) is 0.588. The zero-order valence-corrected chi connectivity index (χ0v) is 15.7. The highest BCUT2D eigenvalue weighted by Crippen LogP contribution is 2.14. The molecule has 0 heterocycles. The van der Waals surface area contributed by atoms with Crippen LogP contribution in [0.4, 0.5) is 0 Å². The van der Waals surface area contributed by atoms with Crippen LogP contribution in [-0.4, -0.2) is 55.3 Å². The molecule has 0 spiro atoms. The standard InChI is InChI=1S/C17H28N2O3S2/c18-7-13-23-11-1-9-21-16-5-3-15(4-6-16)17(20)22-10-2-12-24-14-8-19/h3-6H,1-2,7-14,18-19H2. The van der Waals surface area contributed by atoms with Crippen LogP contribution in [-0.2, 0) is 4.74 Å². The monoisotopic (exact) mass is 372 g/mol. The third-order valence-corrected chi connectivity index (χ3v) is 5.19. The maximum atomic E-state index is 11.9. The topological polar surface area (TPSA) is 87.6 Å². The molecule has 4 N–H and O–H groups in total. The van der Waals surface area contributed by atoms with E-state index < -0.39 is 0 Å². The zero-order chi connectivity index (χ0) is 17.5. The van der Waals surface area contributed by atoms with E-state index in [4.69, 9.17) is 20.9 Å². The molecule has 0 radical (unpaired) electrons. The molecule has 0 aliphatic heterocycles. The van der Waals surface area contributed by atoms with Crippen LogP contribution in [0.5, 0.6) is 5.75 Å². The Balaban J connectivity index is 2.17. The molecule has 5 nitrogen and oxygen atoms in total. The first-order chi connectivity index (χ1) is 11.8. The van der Waals surface area contributed by atoms with Crippen LogP contribution in [0.2, 0.25) is 0 Å². The summed E-state index contributed by atoms with van der Waals surface area (Å²) in [4.78, 5) is 11.9. The predicted molar refractivity (Wildman–Crippen MR) is 104 cm³/mol. The van der Waals surface area contributed by atoms with Crippen LogP contribution in [0, 0.1) is 0 Å². The summed E-state index contributed by atoms with van der Waals surface area (Å²) >= 11 is 3.61. The summed E-state index contributed by atoms with van der Waals surface area (Å²) in [6.07, 6.45) is 1.83. The van der Waals surface area contributed by atoms with Crippen molar-refractivity contribution in [1.29, 1.82) is 0 Å². The number of hydrogen-bond acceptors (Lipinski definition) is 7. The lowest BCUT2D eigenvalue weighted by Crippen LogP contribution is -2.08. The average molecular weight is 373 g/mol. The normalized spacial score (nSPS) is 10.6. The van der Waals surface area contributed by atoms with Gasteiger partial charge in [-0.15, -0.1) is 0 Å². The first-order valence-electron chi connectivity index (χ1n) is 8.23. The van der Waals surface area contributed by atoms with Gasteiger partial charge in [0.15, 0.2) is 0 Å². The predicted octanol–water partition coefficient (Wildman–Crippen LogP) is 2.39. The van der Waals surface area contributed by atoms with E-state index >= 15 is 0 Å². The van der Waals surface area contributed by atoms with Gasteiger partial charge in [0, 0.05) is 24.6 Å². The van der Waals surface area contributed by atoms with Crippen molar-refractivity contribution in [3.63, 3.8) is 0 Å². The van der Waals surface area contributed by atoms with E-state index in [1.54, 1.807) is 36.0 Å². The molecule has 0 aromatic heterocycles. The van der Waals surface area contributed by atoms with Gasteiger partial charge in [0.05, 0.1) is 18.8 Å². The van der Waals surface area contributed by atoms with Gasteiger partial charge in [-0.05, 0) is 48.6 Å². The van der Waals surface area contributed by atoms with Crippen molar-refractivity contribution in [3.05, 3.63) is 29.8 Å². The van der Waals surface area contributed by atoms with Crippen LogP contribution in [0.15, 0.2) is 24.3 Å². The Morgan fingerprint density at radius 1 is 0.875 bits per heavy atom. The molecule has 0 aliphatic carbocycles. The summed E-state index contributed by atoms with van der Waals surface area (Å²) in [5.41, 5.74) is 11.4. The number of hydrogen-bond donors (Lipinski definition) is 2. The highest BCUT2D eigenvalue weighted by atomic mass is 32.2. The number of carbonyl (C=O) groups excluding carboxylic acids is 1. The van der Waals surface area contributed by atoms with Gasteiger partial charge in [0.2, 0.25) is 0 Å². The van der Waals surface area contributed by atoms with Gasteiger partial charge in [-0.3, -0.25) is 0 Å². The van der Waals surface area contributed by atoms with E-state index in [0.29, 0.717) is 25.3 Å². The van der Waals surface area contributed by atoms with Crippen LogP contribution >= 0.6 is 23.5 Å². The summed E-state index contributed by atoms with van der Waals surface area (Å²) < 4.78 is 10.9. The highest BCUT2D eigenvalue weighted by Gasteiger charge is 2.07. The fourth-order valence-electron chi connectivity index (χ4n) is 1.82. The van der Waals surface area contributed by atoms with Crippen molar-refractivity contribution in [2.24, 2.45) is 11.5 Å². The Morgan fingerprint density at radius 2 is 1.46 bits per heavy atom. The number of esters is 1. The second-order valence-electron chi connectivity index (χ2n) is 5.02. The second kappa shape index (κ2) is 14.5. The molecule has 24 heavy (non-hydrogen) atoms. The van der Waals surface area contributed by atoms with Gasteiger partial charge in [-0.1, -0.05) is 0 Å². The molecule has 0 bridgehead atoms. The minimum atomic E-state index is -0.288. The van der Waals surface area contributed by atoms with Crippen LogP contribution in [0.25, 0.3) is 0 Å². The molecule has 1 aromatic carbocycles. The number of rotatable bonds is 14. The lowest BCUT2D eigenvalue weighted by atomic mass is 10.2. The average Bonchev–Trinajstić information content (AvgIpc) is 2.61. The van der Waals surface area contributed by atoms with Crippen molar-refractivity contribution in [2.45, 2.75) is 12.8 Å². The molecule has 0 saturated carbocycles. The van der Waals surface area contributed by atoms with Crippen molar-refractivity contribution >= 4 is 29.5 Å². The third kappa shape index (κ3) is 10.1. The Kier molecular flexibility index (Phi) is 12.7. The van der Waals surface area contributed by atoms with Crippen LogP contribution in [0.1, 0.15) is 23.2 Å². The summed E-state index contributed by atoms with van der Waals surface area (Å²) in [6.45, 7) is 2.51. The lowest BCUT2D eigenvalue weighted by Gasteiger charge is -2.08. The summed E-state index contributed by atoms with van der Waals surface area (Å²) in [5.74, 6) is 4.42. The Morgan fingerprint density at radius 3 is 2.04 bits per heavy atom. The van der Waals surface area contributed by atoms with E-state index in [9.17, 15) is 4.79 Å². The molecule has 1 aromatic rings. The van der Waals surface area contributed by atoms with E-state index in [1.807, 2.05) is 11.8 Å². The maximum Gasteiger partial charge on any atom is 0.338 e. The van der Waals surface area contributed by atoms with E-state index in [1.165, 1.54) is 0 Å². The minimum Gasteiger partial charge on any atom is -0.494 e. The van der Waals surface area contributed by atoms with Crippen molar-refractivity contribution < 1.29 is 14.3 Å². The number of thioether (sulfide) groups is 2. The quantitative estimate of drug-likeness (QED) is 0.383. The summed E-state index contributed by atoms with van der Waals surface area (Å²) in [5, 5.41) is 0. The van der Waals surface area contributed by atoms with Crippen molar-refractivity contribution in [1.82, 2.24) is 0 Å². The molecule has 0 unspecified atom stereocenters. The molecule has 0 atom stereocenters. The molecule has 0 saturated heterocycles. The number of carbonyl (C=O) groups is 1. The van der Waals surface area contributed by atoms with Gasteiger partial charge < -0.3 is 20.9 Å². The van der Waals surface area contributed by atoms with Crippen molar-refractivity contribution in [2.75, 3.05) is 49.3 Å². The second-order valence-corrected chi connectivity index (χ2v) is 7.47.